The van der Waals surface area contributed by atoms with Crippen molar-refractivity contribution in [2.45, 2.75) is 0 Å². The predicted octanol–water partition coefficient (Wildman–Crippen LogP) is 1.03. The van der Waals surface area contributed by atoms with Crippen molar-refractivity contribution in [2.24, 2.45) is 7.05 Å². The van der Waals surface area contributed by atoms with Gasteiger partial charge in [0.1, 0.15) is 0 Å². The van der Waals surface area contributed by atoms with Gasteiger partial charge in [-0.3, -0.25) is 4.79 Å². The third-order valence-electron chi connectivity index (χ3n) is 1.88. The van der Waals surface area contributed by atoms with Crippen LogP contribution in [0.3, 0.4) is 0 Å². The molecule has 59 valence electrons. The minimum atomic E-state index is 0.344. The van der Waals surface area contributed by atoms with Gasteiger partial charge in [0.15, 0.2) is 5.82 Å². The average molecular weight is 159 g/mol. The van der Waals surface area contributed by atoms with E-state index < -0.39 is 0 Å². The molecule has 0 aliphatic rings. The highest BCUT2D eigenvalue weighted by molar-refractivity contribution is 5.82. The topological polar surface area (TPSA) is 34.9 Å². The van der Waals surface area contributed by atoms with Crippen molar-refractivity contribution >= 4 is 17.3 Å². The molecule has 1 radical (unpaired) electrons. The van der Waals surface area contributed by atoms with E-state index in [9.17, 15) is 4.79 Å². The molecule has 0 saturated heterocycles. The first-order valence-corrected chi connectivity index (χ1v) is 3.62. The van der Waals surface area contributed by atoms with E-state index in [2.05, 4.69) is 4.98 Å². The fourth-order valence-corrected chi connectivity index (χ4v) is 1.24. The lowest BCUT2D eigenvalue weighted by molar-refractivity contribution is 0.558. The SMILES string of the molecule is Cn1c([C]=O)nc2ccccc21. The molecule has 3 nitrogen and oxygen atoms in total. The van der Waals surface area contributed by atoms with Crippen LogP contribution in [0.25, 0.3) is 11.0 Å². The van der Waals surface area contributed by atoms with Crippen LogP contribution < -0.4 is 0 Å². The zero-order chi connectivity index (χ0) is 8.55. The molecule has 0 saturated carbocycles. The Morgan fingerprint density at radius 2 is 2.17 bits per heavy atom. The van der Waals surface area contributed by atoms with Crippen molar-refractivity contribution < 1.29 is 4.79 Å². The van der Waals surface area contributed by atoms with Crippen LogP contribution in [0.1, 0.15) is 5.82 Å². The largest absolute Gasteiger partial charge is 0.324 e. The Kier molecular flexibility index (Phi) is 1.43. The smallest absolute Gasteiger partial charge is 0.272 e. The van der Waals surface area contributed by atoms with Gasteiger partial charge in [-0.15, -0.1) is 0 Å². The number of fused-ring (bicyclic) bond motifs is 1. The van der Waals surface area contributed by atoms with Gasteiger partial charge < -0.3 is 4.57 Å². The van der Waals surface area contributed by atoms with E-state index in [1.807, 2.05) is 24.3 Å². The van der Waals surface area contributed by atoms with Crippen LogP contribution in [0, 0.1) is 0 Å². The lowest BCUT2D eigenvalue weighted by Gasteiger charge is -1.92. The van der Waals surface area contributed by atoms with E-state index in [0.717, 1.165) is 11.0 Å². The van der Waals surface area contributed by atoms with Crippen molar-refractivity contribution in [2.75, 3.05) is 0 Å². The molecular formula is C9H7N2O. The monoisotopic (exact) mass is 159 g/mol. The van der Waals surface area contributed by atoms with Crippen LogP contribution in [-0.4, -0.2) is 15.8 Å². The van der Waals surface area contributed by atoms with E-state index in [0.29, 0.717) is 5.82 Å². The van der Waals surface area contributed by atoms with E-state index in [1.54, 1.807) is 17.9 Å². The molecule has 2 aromatic rings. The number of hydrogen-bond donors (Lipinski definition) is 0. The summed E-state index contributed by atoms with van der Waals surface area (Å²) in [5.74, 6) is 0.344. The van der Waals surface area contributed by atoms with Gasteiger partial charge in [-0.05, 0) is 12.1 Å². The maximum Gasteiger partial charge on any atom is 0.272 e. The van der Waals surface area contributed by atoms with Gasteiger partial charge in [-0.1, -0.05) is 12.1 Å². The summed E-state index contributed by atoms with van der Waals surface area (Å²) in [4.78, 5) is 14.5. The van der Waals surface area contributed by atoms with Gasteiger partial charge >= 0.3 is 0 Å². The van der Waals surface area contributed by atoms with E-state index >= 15 is 0 Å². The third kappa shape index (κ3) is 0.830. The first-order chi connectivity index (χ1) is 5.83. The van der Waals surface area contributed by atoms with Crippen LogP contribution in [0.2, 0.25) is 0 Å². The van der Waals surface area contributed by atoms with E-state index in [1.165, 1.54) is 0 Å². The highest BCUT2D eigenvalue weighted by Crippen LogP contribution is 2.12. The molecule has 12 heavy (non-hydrogen) atoms. The van der Waals surface area contributed by atoms with Crippen molar-refractivity contribution in [3.05, 3.63) is 30.1 Å². The second-order valence-electron chi connectivity index (χ2n) is 2.59. The summed E-state index contributed by atoms with van der Waals surface area (Å²) in [6, 6.07) is 7.60. The van der Waals surface area contributed by atoms with Gasteiger partial charge in [0.05, 0.1) is 11.0 Å². The van der Waals surface area contributed by atoms with Gasteiger partial charge in [0.25, 0.3) is 6.29 Å². The minimum Gasteiger partial charge on any atom is -0.324 e. The molecule has 0 unspecified atom stereocenters. The Balaban J connectivity index is 2.87. The highest BCUT2D eigenvalue weighted by Gasteiger charge is 2.04. The third-order valence-corrected chi connectivity index (χ3v) is 1.88. The van der Waals surface area contributed by atoms with Crippen molar-refractivity contribution in [1.82, 2.24) is 9.55 Å². The highest BCUT2D eigenvalue weighted by atomic mass is 16.1. The first-order valence-electron chi connectivity index (χ1n) is 3.62. The molecule has 0 atom stereocenters. The quantitative estimate of drug-likeness (QED) is 0.623. The zero-order valence-electron chi connectivity index (χ0n) is 6.61. The van der Waals surface area contributed by atoms with Crippen LogP contribution in [0.15, 0.2) is 24.3 Å². The van der Waals surface area contributed by atoms with Crippen LogP contribution >= 0.6 is 0 Å². The number of aryl methyl sites for hydroxylation is 1. The maximum absolute atomic E-state index is 10.4. The molecule has 1 heterocycles. The summed E-state index contributed by atoms with van der Waals surface area (Å²) in [5.41, 5.74) is 1.79. The predicted molar refractivity (Wildman–Crippen MR) is 45.5 cm³/mol. The molecule has 1 aromatic heterocycles. The molecule has 0 bridgehead atoms. The van der Waals surface area contributed by atoms with Crippen molar-refractivity contribution in [3.63, 3.8) is 0 Å². The van der Waals surface area contributed by atoms with Crippen molar-refractivity contribution in [3.8, 4) is 0 Å². The summed E-state index contributed by atoms with van der Waals surface area (Å²) in [5, 5.41) is 0. The number of carbonyl (C=O) groups excluding carboxylic acids is 1. The Morgan fingerprint density at radius 3 is 2.83 bits per heavy atom. The second kappa shape index (κ2) is 2.44. The van der Waals surface area contributed by atoms with Gasteiger partial charge in [-0.2, -0.15) is 0 Å². The summed E-state index contributed by atoms with van der Waals surface area (Å²) in [6.45, 7) is 0. The number of para-hydroxylation sites is 2. The molecule has 0 fully saturated rings. The van der Waals surface area contributed by atoms with Crippen molar-refractivity contribution in [1.29, 1.82) is 0 Å². The number of benzene rings is 1. The number of nitrogens with zero attached hydrogens (tertiary/aromatic N) is 2. The molecule has 1 aromatic carbocycles. The number of rotatable bonds is 1. The molecule has 0 N–H and O–H groups in total. The first kappa shape index (κ1) is 7.03. The summed E-state index contributed by atoms with van der Waals surface area (Å²) < 4.78 is 1.72. The normalized spacial score (nSPS) is 10.4. The number of aromatic nitrogens is 2. The van der Waals surface area contributed by atoms with Crippen LogP contribution in [-0.2, 0) is 11.8 Å². The fraction of sp³-hybridized carbons (Fsp3) is 0.111. The number of hydrogen-bond acceptors (Lipinski definition) is 2. The summed E-state index contributed by atoms with van der Waals surface area (Å²) >= 11 is 0. The lowest BCUT2D eigenvalue weighted by Crippen LogP contribution is -1.94. The Labute approximate surface area is 69.6 Å². The molecule has 3 heteroatoms. The fourth-order valence-electron chi connectivity index (χ4n) is 1.24. The molecular weight excluding hydrogens is 152 g/mol. The maximum atomic E-state index is 10.4. The molecule has 0 aliphatic heterocycles. The van der Waals surface area contributed by atoms with Crippen LogP contribution in [0.4, 0.5) is 0 Å². The van der Waals surface area contributed by atoms with Gasteiger partial charge in [0.2, 0.25) is 0 Å². The Bertz CT molecular complexity index is 431. The van der Waals surface area contributed by atoms with Crippen LogP contribution in [0.5, 0.6) is 0 Å². The Hall–Kier alpha value is -1.64. The summed E-state index contributed by atoms with van der Waals surface area (Å²) in [6.07, 6.45) is 1.79. The Morgan fingerprint density at radius 1 is 1.42 bits per heavy atom. The molecule has 0 spiro atoms. The van der Waals surface area contributed by atoms with E-state index in [4.69, 9.17) is 0 Å². The number of imidazole rings is 1. The standard InChI is InChI=1S/C9H7N2O/c1-11-8-5-3-2-4-7(8)10-9(11)6-12/h2-5H,1H3. The summed E-state index contributed by atoms with van der Waals surface area (Å²) in [7, 11) is 1.80. The zero-order valence-corrected chi connectivity index (χ0v) is 6.61. The average Bonchev–Trinajstić information content (AvgIpc) is 2.44. The lowest BCUT2D eigenvalue weighted by atomic mass is 10.3. The molecule has 2 rings (SSSR count). The van der Waals surface area contributed by atoms with E-state index in [-0.39, 0.29) is 0 Å². The molecule has 0 aliphatic carbocycles. The van der Waals surface area contributed by atoms with Gasteiger partial charge in [0, 0.05) is 7.05 Å². The second-order valence-corrected chi connectivity index (χ2v) is 2.59. The molecule has 0 amide bonds. The minimum absolute atomic E-state index is 0.344. The van der Waals surface area contributed by atoms with Gasteiger partial charge in [-0.25, -0.2) is 4.98 Å².